The summed E-state index contributed by atoms with van der Waals surface area (Å²) in [5.41, 5.74) is 0.236. The second kappa shape index (κ2) is 5.01. The molecule has 0 saturated heterocycles. The number of aromatic amines is 1. The molecule has 0 saturated carbocycles. The molecule has 5 nitrogen and oxygen atoms in total. The predicted molar refractivity (Wildman–Crippen MR) is 65.6 cm³/mol. The van der Waals surface area contributed by atoms with E-state index in [1.54, 1.807) is 24.5 Å². The van der Waals surface area contributed by atoms with Crippen LogP contribution in [-0.2, 0) is 6.54 Å². The van der Waals surface area contributed by atoms with Crippen LogP contribution in [0.25, 0.3) is 0 Å². The Morgan fingerprint density at radius 2 is 2.35 bits per heavy atom. The summed E-state index contributed by atoms with van der Waals surface area (Å²) >= 11 is 3.21. The molecule has 17 heavy (non-hydrogen) atoms. The normalized spacial score (nSPS) is 10.2. The van der Waals surface area contributed by atoms with Gasteiger partial charge in [0.25, 0.3) is 5.91 Å². The Labute approximate surface area is 106 Å². The van der Waals surface area contributed by atoms with Crippen LogP contribution < -0.4 is 5.32 Å². The predicted octanol–water partition coefficient (Wildman–Crippen LogP) is 1.81. The first-order chi connectivity index (χ1) is 8.16. The summed E-state index contributed by atoms with van der Waals surface area (Å²) < 4.78 is 0.720. The van der Waals surface area contributed by atoms with E-state index >= 15 is 0 Å². The zero-order valence-electron chi connectivity index (χ0n) is 8.77. The highest BCUT2D eigenvalue weighted by molar-refractivity contribution is 9.10. The number of hydrogen-bond donors (Lipinski definition) is 3. The number of halogens is 1. The molecular formula is C11H10BrN3O2. The van der Waals surface area contributed by atoms with Gasteiger partial charge < -0.3 is 15.4 Å². The van der Waals surface area contributed by atoms with Crippen molar-refractivity contribution < 1.29 is 9.90 Å². The molecule has 0 atom stereocenters. The fourth-order valence-corrected chi connectivity index (χ4v) is 1.70. The first kappa shape index (κ1) is 11.7. The molecule has 1 aromatic heterocycles. The van der Waals surface area contributed by atoms with E-state index in [1.165, 1.54) is 6.07 Å². The molecule has 2 aromatic rings. The van der Waals surface area contributed by atoms with Crippen molar-refractivity contribution in [1.82, 2.24) is 15.3 Å². The lowest BCUT2D eigenvalue weighted by Gasteiger charge is -2.05. The second-order valence-electron chi connectivity index (χ2n) is 3.38. The minimum atomic E-state index is -0.341. The zero-order chi connectivity index (χ0) is 12.3. The average molecular weight is 296 g/mol. The van der Waals surface area contributed by atoms with Crippen LogP contribution in [0.4, 0.5) is 0 Å². The van der Waals surface area contributed by atoms with Crippen molar-refractivity contribution in [1.29, 1.82) is 0 Å². The van der Waals surface area contributed by atoms with Crippen LogP contribution >= 0.6 is 15.9 Å². The Hall–Kier alpha value is -1.82. The monoisotopic (exact) mass is 295 g/mol. The molecule has 0 aliphatic heterocycles. The molecule has 1 heterocycles. The van der Waals surface area contributed by atoms with E-state index in [4.69, 9.17) is 0 Å². The van der Waals surface area contributed by atoms with Crippen molar-refractivity contribution in [2.45, 2.75) is 6.54 Å². The molecule has 6 heteroatoms. The van der Waals surface area contributed by atoms with E-state index in [9.17, 15) is 9.90 Å². The molecule has 0 aliphatic carbocycles. The fraction of sp³-hybridized carbons (Fsp3) is 0.0909. The molecule has 88 valence electrons. The smallest absolute Gasteiger partial charge is 0.255 e. The molecule has 2 rings (SSSR count). The SMILES string of the molecule is O=C(NCc1ncc[nH]1)c1ccc(Br)cc1O. The third-order valence-corrected chi connectivity index (χ3v) is 2.67. The molecule has 0 spiro atoms. The van der Waals surface area contributed by atoms with Crippen LogP contribution in [0.5, 0.6) is 5.75 Å². The number of nitrogens with one attached hydrogen (secondary N) is 2. The minimum Gasteiger partial charge on any atom is -0.507 e. The number of amides is 1. The molecule has 0 radical (unpaired) electrons. The van der Waals surface area contributed by atoms with Gasteiger partial charge in [-0.1, -0.05) is 15.9 Å². The van der Waals surface area contributed by atoms with Crippen LogP contribution in [0.2, 0.25) is 0 Å². The highest BCUT2D eigenvalue weighted by atomic mass is 79.9. The van der Waals surface area contributed by atoms with Gasteiger partial charge in [0.05, 0.1) is 12.1 Å². The summed E-state index contributed by atoms with van der Waals surface area (Å²) in [4.78, 5) is 18.6. The van der Waals surface area contributed by atoms with Crippen LogP contribution in [0, 0.1) is 0 Å². The largest absolute Gasteiger partial charge is 0.507 e. The highest BCUT2D eigenvalue weighted by Gasteiger charge is 2.11. The Bertz CT molecular complexity index is 526. The molecule has 0 bridgehead atoms. The van der Waals surface area contributed by atoms with Gasteiger partial charge in [-0.25, -0.2) is 4.98 Å². The van der Waals surface area contributed by atoms with Crippen molar-refractivity contribution in [2.24, 2.45) is 0 Å². The number of carbonyl (C=O) groups excluding carboxylic acids is 1. The van der Waals surface area contributed by atoms with E-state index in [-0.39, 0.29) is 17.2 Å². The van der Waals surface area contributed by atoms with Gasteiger partial charge in [0.2, 0.25) is 0 Å². The number of aromatic hydroxyl groups is 1. The van der Waals surface area contributed by atoms with Crippen molar-refractivity contribution in [3.8, 4) is 5.75 Å². The number of nitrogens with zero attached hydrogens (tertiary/aromatic N) is 1. The molecule has 0 aliphatic rings. The van der Waals surface area contributed by atoms with Gasteiger partial charge in [-0.05, 0) is 18.2 Å². The van der Waals surface area contributed by atoms with Gasteiger partial charge in [0.15, 0.2) is 0 Å². The first-order valence-corrected chi connectivity index (χ1v) is 5.71. The van der Waals surface area contributed by atoms with Gasteiger partial charge in [-0.3, -0.25) is 4.79 Å². The summed E-state index contributed by atoms with van der Waals surface area (Å²) in [5.74, 6) is 0.262. The van der Waals surface area contributed by atoms with E-state index in [1.807, 2.05) is 0 Å². The third kappa shape index (κ3) is 2.85. The molecule has 1 aromatic carbocycles. The minimum absolute atomic E-state index is 0.0590. The quantitative estimate of drug-likeness (QED) is 0.808. The lowest BCUT2D eigenvalue weighted by Crippen LogP contribution is -2.23. The van der Waals surface area contributed by atoms with Gasteiger partial charge in [-0.15, -0.1) is 0 Å². The maximum atomic E-state index is 11.7. The van der Waals surface area contributed by atoms with Crippen LogP contribution in [0.1, 0.15) is 16.2 Å². The second-order valence-corrected chi connectivity index (χ2v) is 4.30. The summed E-state index contributed by atoms with van der Waals surface area (Å²) in [6.45, 7) is 0.293. The summed E-state index contributed by atoms with van der Waals surface area (Å²) in [6.07, 6.45) is 3.29. The molecule has 0 unspecified atom stereocenters. The molecule has 3 N–H and O–H groups in total. The van der Waals surface area contributed by atoms with Crippen molar-refractivity contribution in [3.63, 3.8) is 0 Å². The van der Waals surface area contributed by atoms with Gasteiger partial charge >= 0.3 is 0 Å². The van der Waals surface area contributed by atoms with E-state index in [2.05, 4.69) is 31.2 Å². The molecule has 1 amide bonds. The van der Waals surface area contributed by atoms with Crippen molar-refractivity contribution in [2.75, 3.05) is 0 Å². The van der Waals surface area contributed by atoms with E-state index in [0.29, 0.717) is 12.4 Å². The number of rotatable bonds is 3. The fourth-order valence-electron chi connectivity index (χ4n) is 1.35. The van der Waals surface area contributed by atoms with E-state index in [0.717, 1.165) is 4.47 Å². The van der Waals surface area contributed by atoms with Crippen molar-refractivity contribution in [3.05, 3.63) is 46.5 Å². The number of aromatic nitrogens is 2. The molecular weight excluding hydrogens is 286 g/mol. The number of phenolic OH excluding ortho intramolecular Hbond substituents is 1. The van der Waals surface area contributed by atoms with Crippen LogP contribution in [0.15, 0.2) is 35.1 Å². The number of benzene rings is 1. The summed E-state index contributed by atoms with van der Waals surface area (Å²) in [5, 5.41) is 12.3. The number of phenols is 1. The lowest BCUT2D eigenvalue weighted by molar-refractivity contribution is 0.0947. The Morgan fingerprint density at radius 1 is 1.53 bits per heavy atom. The van der Waals surface area contributed by atoms with Crippen LogP contribution in [0.3, 0.4) is 0 Å². The maximum Gasteiger partial charge on any atom is 0.255 e. The van der Waals surface area contributed by atoms with E-state index < -0.39 is 0 Å². The topological polar surface area (TPSA) is 78.0 Å². The number of imidazole rings is 1. The highest BCUT2D eigenvalue weighted by Crippen LogP contribution is 2.22. The standard InChI is InChI=1S/C11H10BrN3O2/c12-7-1-2-8(9(16)5-7)11(17)15-6-10-13-3-4-14-10/h1-5,16H,6H2,(H,13,14)(H,15,17). The summed E-state index contributed by atoms with van der Waals surface area (Å²) in [6, 6.07) is 4.72. The third-order valence-electron chi connectivity index (χ3n) is 2.18. The summed E-state index contributed by atoms with van der Waals surface area (Å²) in [7, 11) is 0. The van der Waals surface area contributed by atoms with Gasteiger partial charge in [0.1, 0.15) is 11.6 Å². The Morgan fingerprint density at radius 3 is 3.00 bits per heavy atom. The van der Waals surface area contributed by atoms with Crippen LogP contribution in [-0.4, -0.2) is 21.0 Å². The Balaban J connectivity index is 2.04. The molecule has 0 fully saturated rings. The van der Waals surface area contributed by atoms with Crippen molar-refractivity contribution >= 4 is 21.8 Å². The van der Waals surface area contributed by atoms with Gasteiger partial charge in [-0.2, -0.15) is 0 Å². The lowest BCUT2D eigenvalue weighted by atomic mass is 10.2. The maximum absolute atomic E-state index is 11.7. The average Bonchev–Trinajstić information content (AvgIpc) is 2.78. The number of H-pyrrole nitrogens is 1. The zero-order valence-corrected chi connectivity index (χ0v) is 10.4. The first-order valence-electron chi connectivity index (χ1n) is 4.92. The number of carbonyl (C=O) groups is 1. The number of hydrogen-bond acceptors (Lipinski definition) is 3. The van der Waals surface area contributed by atoms with Gasteiger partial charge in [0, 0.05) is 16.9 Å². The Kier molecular flexibility index (Phi) is 3.43.